The van der Waals surface area contributed by atoms with Gasteiger partial charge in [0.25, 0.3) is 0 Å². The smallest absolute Gasteiger partial charge is 0.124 e. The molecule has 3 heteroatoms. The van der Waals surface area contributed by atoms with E-state index in [4.69, 9.17) is 9.84 Å². The topological polar surface area (TPSA) is 41.5 Å². The third-order valence-corrected chi connectivity index (χ3v) is 3.64. The highest BCUT2D eigenvalue weighted by molar-refractivity contribution is 5.51. The molecule has 0 aromatic heterocycles. The fraction of sp³-hybridized carbons (Fsp3) is 0.600. The van der Waals surface area contributed by atoms with Crippen LogP contribution in [0.1, 0.15) is 36.1 Å². The van der Waals surface area contributed by atoms with E-state index in [2.05, 4.69) is 46.0 Å². The van der Waals surface area contributed by atoms with Gasteiger partial charge in [0.1, 0.15) is 5.75 Å². The second kappa shape index (κ2) is 5.72. The van der Waals surface area contributed by atoms with Crippen LogP contribution in [0.3, 0.4) is 0 Å². The van der Waals surface area contributed by atoms with Crippen molar-refractivity contribution in [1.82, 2.24) is 5.32 Å². The molecule has 0 aliphatic carbocycles. The average molecular weight is 251 g/mol. The van der Waals surface area contributed by atoms with E-state index >= 15 is 0 Å². The first-order valence-corrected chi connectivity index (χ1v) is 6.32. The number of aliphatic hydroxyl groups excluding tert-OH is 1. The van der Waals surface area contributed by atoms with Crippen molar-refractivity contribution in [3.05, 3.63) is 28.3 Å². The Morgan fingerprint density at radius 3 is 2.33 bits per heavy atom. The van der Waals surface area contributed by atoms with Crippen molar-refractivity contribution in [2.24, 2.45) is 0 Å². The molecule has 0 aliphatic heterocycles. The van der Waals surface area contributed by atoms with E-state index in [-0.39, 0.29) is 12.1 Å². The van der Waals surface area contributed by atoms with E-state index in [1.54, 1.807) is 7.11 Å². The van der Waals surface area contributed by atoms with Crippen LogP contribution >= 0.6 is 0 Å². The van der Waals surface area contributed by atoms with E-state index in [1.165, 1.54) is 16.7 Å². The summed E-state index contributed by atoms with van der Waals surface area (Å²) in [6.07, 6.45) is 0. The minimum atomic E-state index is -0.0192. The Morgan fingerprint density at radius 2 is 1.83 bits per heavy atom. The SMILES string of the molecule is COc1c(C)cc(C(C)(C)CNCO)c(C)c1C. The van der Waals surface area contributed by atoms with Gasteiger partial charge in [-0.2, -0.15) is 0 Å². The minimum Gasteiger partial charge on any atom is -0.496 e. The highest BCUT2D eigenvalue weighted by atomic mass is 16.5. The van der Waals surface area contributed by atoms with E-state index in [0.29, 0.717) is 0 Å². The number of benzene rings is 1. The third-order valence-electron chi connectivity index (χ3n) is 3.64. The van der Waals surface area contributed by atoms with Gasteiger partial charge in [0, 0.05) is 12.0 Å². The first-order valence-electron chi connectivity index (χ1n) is 6.32. The molecule has 1 aromatic carbocycles. The van der Waals surface area contributed by atoms with Gasteiger partial charge >= 0.3 is 0 Å². The fourth-order valence-corrected chi connectivity index (χ4v) is 2.54. The molecular formula is C15H25NO2. The summed E-state index contributed by atoms with van der Waals surface area (Å²) in [6.45, 7) is 11.4. The Morgan fingerprint density at radius 1 is 1.22 bits per heavy atom. The van der Waals surface area contributed by atoms with Crippen LogP contribution in [0.25, 0.3) is 0 Å². The van der Waals surface area contributed by atoms with Crippen LogP contribution < -0.4 is 10.1 Å². The van der Waals surface area contributed by atoms with Gasteiger partial charge in [0.05, 0.1) is 13.8 Å². The van der Waals surface area contributed by atoms with Gasteiger partial charge in [-0.1, -0.05) is 19.9 Å². The van der Waals surface area contributed by atoms with Crippen LogP contribution in [0.5, 0.6) is 5.75 Å². The number of methoxy groups -OCH3 is 1. The van der Waals surface area contributed by atoms with Crippen molar-refractivity contribution >= 4 is 0 Å². The van der Waals surface area contributed by atoms with Gasteiger partial charge in [-0.3, -0.25) is 5.32 Å². The molecule has 0 radical (unpaired) electrons. The van der Waals surface area contributed by atoms with Gasteiger partial charge in [-0.05, 0) is 43.0 Å². The van der Waals surface area contributed by atoms with Gasteiger partial charge in [-0.25, -0.2) is 0 Å². The minimum absolute atomic E-state index is 0.0105. The van der Waals surface area contributed by atoms with Gasteiger partial charge in [0.15, 0.2) is 0 Å². The molecule has 0 saturated carbocycles. The second-order valence-electron chi connectivity index (χ2n) is 5.49. The second-order valence-corrected chi connectivity index (χ2v) is 5.49. The lowest BCUT2D eigenvalue weighted by atomic mass is 9.79. The van der Waals surface area contributed by atoms with Crippen LogP contribution in [0, 0.1) is 20.8 Å². The molecule has 0 heterocycles. The molecule has 0 saturated heterocycles. The highest BCUT2D eigenvalue weighted by Gasteiger charge is 2.24. The van der Waals surface area contributed by atoms with Gasteiger partial charge in [-0.15, -0.1) is 0 Å². The summed E-state index contributed by atoms with van der Waals surface area (Å²) in [5.74, 6) is 0.974. The zero-order chi connectivity index (χ0) is 13.9. The van der Waals surface area contributed by atoms with Crippen LogP contribution in [-0.4, -0.2) is 25.5 Å². The van der Waals surface area contributed by atoms with Crippen LogP contribution in [0.15, 0.2) is 6.07 Å². The average Bonchev–Trinajstić information content (AvgIpc) is 2.32. The number of ether oxygens (including phenoxy) is 1. The Hall–Kier alpha value is -1.06. The molecule has 1 aromatic rings. The van der Waals surface area contributed by atoms with Crippen molar-refractivity contribution in [3.8, 4) is 5.75 Å². The Kier molecular flexibility index (Phi) is 4.77. The standard InChI is InChI=1S/C15H25NO2/c1-10-7-13(15(4,5)8-16-9-17)11(2)12(3)14(10)18-6/h7,16-17H,8-9H2,1-6H3. The molecule has 0 unspecified atom stereocenters. The number of hydrogen-bond acceptors (Lipinski definition) is 3. The molecule has 3 nitrogen and oxygen atoms in total. The quantitative estimate of drug-likeness (QED) is 0.790. The summed E-state index contributed by atoms with van der Waals surface area (Å²) >= 11 is 0. The Labute approximate surface area is 110 Å². The van der Waals surface area contributed by atoms with Gasteiger partial charge < -0.3 is 9.84 Å². The zero-order valence-corrected chi connectivity index (χ0v) is 12.3. The molecule has 0 spiro atoms. The fourth-order valence-electron chi connectivity index (χ4n) is 2.54. The van der Waals surface area contributed by atoms with Crippen LogP contribution in [0.2, 0.25) is 0 Å². The summed E-state index contributed by atoms with van der Waals surface area (Å²) in [7, 11) is 1.72. The van der Waals surface area contributed by atoms with Crippen molar-refractivity contribution in [1.29, 1.82) is 0 Å². The summed E-state index contributed by atoms with van der Waals surface area (Å²) in [5, 5.41) is 11.9. The van der Waals surface area contributed by atoms with Crippen LogP contribution in [0.4, 0.5) is 0 Å². The third kappa shape index (κ3) is 2.85. The normalized spacial score (nSPS) is 11.7. The molecule has 0 atom stereocenters. The monoisotopic (exact) mass is 251 g/mol. The molecular weight excluding hydrogens is 226 g/mol. The molecule has 0 aliphatic rings. The molecule has 0 fully saturated rings. The maximum Gasteiger partial charge on any atom is 0.124 e. The molecule has 1 rings (SSSR count). The number of nitrogens with one attached hydrogen (secondary N) is 1. The maximum absolute atomic E-state index is 8.91. The lowest BCUT2D eigenvalue weighted by molar-refractivity contribution is 0.247. The Bertz CT molecular complexity index is 425. The maximum atomic E-state index is 8.91. The number of aliphatic hydroxyl groups is 1. The lowest BCUT2D eigenvalue weighted by Gasteiger charge is -2.29. The van der Waals surface area contributed by atoms with Crippen molar-refractivity contribution in [2.75, 3.05) is 20.4 Å². The van der Waals surface area contributed by atoms with Crippen LogP contribution in [-0.2, 0) is 5.41 Å². The lowest BCUT2D eigenvalue weighted by Crippen LogP contribution is -2.34. The number of aryl methyl sites for hydroxylation is 1. The summed E-state index contributed by atoms with van der Waals surface area (Å²) in [4.78, 5) is 0. The Balaban J connectivity index is 3.25. The van der Waals surface area contributed by atoms with Crippen molar-refractivity contribution in [2.45, 2.75) is 40.0 Å². The first-order chi connectivity index (χ1) is 8.35. The van der Waals surface area contributed by atoms with Crippen molar-refractivity contribution < 1.29 is 9.84 Å². The number of hydrogen-bond donors (Lipinski definition) is 2. The zero-order valence-electron chi connectivity index (χ0n) is 12.3. The number of rotatable bonds is 5. The predicted octanol–water partition coefficient (Wildman–Crippen LogP) is 2.44. The molecule has 0 amide bonds. The highest BCUT2D eigenvalue weighted by Crippen LogP contribution is 2.34. The summed E-state index contributed by atoms with van der Waals surface area (Å²) in [6, 6.07) is 2.19. The van der Waals surface area contributed by atoms with E-state index in [1.807, 2.05) is 0 Å². The molecule has 18 heavy (non-hydrogen) atoms. The molecule has 102 valence electrons. The largest absolute Gasteiger partial charge is 0.496 e. The van der Waals surface area contributed by atoms with E-state index in [9.17, 15) is 0 Å². The summed E-state index contributed by atoms with van der Waals surface area (Å²) in [5.41, 5.74) is 4.91. The molecule has 0 bridgehead atoms. The first kappa shape index (κ1) is 15.0. The van der Waals surface area contributed by atoms with E-state index < -0.39 is 0 Å². The predicted molar refractivity (Wildman–Crippen MR) is 75.3 cm³/mol. The molecule has 2 N–H and O–H groups in total. The summed E-state index contributed by atoms with van der Waals surface area (Å²) < 4.78 is 5.45. The van der Waals surface area contributed by atoms with Crippen molar-refractivity contribution in [3.63, 3.8) is 0 Å². The van der Waals surface area contributed by atoms with E-state index in [0.717, 1.165) is 17.9 Å². The van der Waals surface area contributed by atoms with Gasteiger partial charge in [0.2, 0.25) is 0 Å².